The zero-order valence-electron chi connectivity index (χ0n) is 8.76. The topological polar surface area (TPSA) is 43.6 Å². The summed E-state index contributed by atoms with van der Waals surface area (Å²) in [6.07, 6.45) is 1.38. The summed E-state index contributed by atoms with van der Waals surface area (Å²) >= 11 is 0. The molecule has 2 heterocycles. The maximum absolute atomic E-state index is 13.8. The van der Waals surface area contributed by atoms with Crippen molar-refractivity contribution in [1.29, 1.82) is 0 Å². The number of ether oxygens (including phenoxy) is 1. The molecule has 0 saturated heterocycles. The fourth-order valence-corrected chi connectivity index (χ4v) is 1.51. The third kappa shape index (κ3) is 1.76. The first kappa shape index (κ1) is 10.6. The average Bonchev–Trinajstić information content (AvgIpc) is 2.76. The van der Waals surface area contributed by atoms with Gasteiger partial charge in [0, 0.05) is 12.4 Å². The molecule has 0 N–H and O–H groups in total. The quantitative estimate of drug-likeness (QED) is 0.745. The Kier molecular flexibility index (Phi) is 2.85. The Morgan fingerprint density at radius 3 is 3.19 bits per heavy atom. The minimum absolute atomic E-state index is 0.166. The summed E-state index contributed by atoms with van der Waals surface area (Å²) in [6.45, 7) is 1.81. The lowest BCUT2D eigenvalue weighted by molar-refractivity contribution is -0.149. The van der Waals surface area contributed by atoms with Crippen LogP contribution in [0.1, 0.15) is 18.8 Å². The summed E-state index contributed by atoms with van der Waals surface area (Å²) in [6, 6.07) is 4.93. The summed E-state index contributed by atoms with van der Waals surface area (Å²) in [5.74, 6) is -0.872. The molecule has 4 nitrogen and oxygen atoms in total. The minimum Gasteiger partial charge on any atom is -0.464 e. The molecule has 1 unspecified atom stereocenters. The third-order valence-electron chi connectivity index (χ3n) is 2.21. The van der Waals surface area contributed by atoms with Crippen LogP contribution in [0.4, 0.5) is 4.39 Å². The van der Waals surface area contributed by atoms with Gasteiger partial charge in [-0.05, 0) is 19.1 Å². The van der Waals surface area contributed by atoms with Gasteiger partial charge in [0.25, 0.3) is 0 Å². The number of alkyl halides is 1. The molecule has 1 atom stereocenters. The predicted octanol–water partition coefficient (Wildman–Crippen LogP) is 1.91. The zero-order chi connectivity index (χ0) is 11.5. The number of hydrogen-bond acceptors (Lipinski definition) is 3. The molecule has 2 rings (SSSR count). The Labute approximate surface area is 91.7 Å². The number of nitrogens with zero attached hydrogens (tertiary/aromatic N) is 2. The second-order valence-corrected chi connectivity index (χ2v) is 3.22. The molecule has 84 valence electrons. The van der Waals surface area contributed by atoms with Crippen molar-refractivity contribution in [3.63, 3.8) is 0 Å². The van der Waals surface area contributed by atoms with Gasteiger partial charge in [-0.15, -0.1) is 0 Å². The molecule has 0 aliphatic carbocycles. The Balaban J connectivity index is 2.39. The molecule has 0 spiro atoms. The van der Waals surface area contributed by atoms with Gasteiger partial charge < -0.3 is 9.14 Å². The number of rotatable bonds is 3. The molecule has 0 aromatic carbocycles. The number of fused-ring (bicyclic) bond motifs is 1. The maximum atomic E-state index is 13.8. The van der Waals surface area contributed by atoms with E-state index in [0.717, 1.165) is 0 Å². The number of halogens is 1. The van der Waals surface area contributed by atoms with E-state index in [1.807, 2.05) is 0 Å². The van der Waals surface area contributed by atoms with Gasteiger partial charge in [0.15, 0.2) is 0 Å². The van der Waals surface area contributed by atoms with Crippen LogP contribution in [0.15, 0.2) is 30.6 Å². The number of carbonyl (C=O) groups is 1. The fourth-order valence-electron chi connectivity index (χ4n) is 1.51. The van der Waals surface area contributed by atoms with Crippen LogP contribution >= 0.6 is 0 Å². The second kappa shape index (κ2) is 4.30. The molecule has 0 radical (unpaired) electrons. The van der Waals surface area contributed by atoms with Crippen molar-refractivity contribution >= 4 is 11.6 Å². The molecule has 2 aromatic rings. The average molecular weight is 222 g/mol. The monoisotopic (exact) mass is 222 g/mol. The summed E-state index contributed by atoms with van der Waals surface area (Å²) in [5, 5.41) is 0. The molecule has 0 aliphatic heterocycles. The van der Waals surface area contributed by atoms with E-state index >= 15 is 0 Å². The summed E-state index contributed by atoms with van der Waals surface area (Å²) in [4.78, 5) is 15.3. The molecule has 16 heavy (non-hydrogen) atoms. The van der Waals surface area contributed by atoms with E-state index < -0.39 is 12.1 Å². The largest absolute Gasteiger partial charge is 0.464 e. The van der Waals surface area contributed by atoms with Gasteiger partial charge in [-0.1, -0.05) is 6.07 Å². The highest BCUT2D eigenvalue weighted by molar-refractivity contribution is 5.76. The van der Waals surface area contributed by atoms with Gasteiger partial charge in [-0.25, -0.2) is 14.2 Å². The van der Waals surface area contributed by atoms with Crippen molar-refractivity contribution in [3.8, 4) is 0 Å². The number of hydrogen-bond donors (Lipinski definition) is 0. The van der Waals surface area contributed by atoms with Crippen molar-refractivity contribution < 1.29 is 13.9 Å². The van der Waals surface area contributed by atoms with Crippen molar-refractivity contribution in [2.24, 2.45) is 0 Å². The van der Waals surface area contributed by atoms with E-state index in [-0.39, 0.29) is 12.3 Å². The summed E-state index contributed by atoms with van der Waals surface area (Å²) in [7, 11) is 0. The highest BCUT2D eigenvalue weighted by atomic mass is 19.1. The van der Waals surface area contributed by atoms with Crippen LogP contribution in [-0.2, 0) is 9.53 Å². The van der Waals surface area contributed by atoms with E-state index in [1.54, 1.807) is 31.5 Å². The van der Waals surface area contributed by atoms with Gasteiger partial charge in [0.2, 0.25) is 6.17 Å². The summed E-state index contributed by atoms with van der Waals surface area (Å²) < 4.78 is 20.0. The Bertz CT molecular complexity index is 509. The van der Waals surface area contributed by atoms with Crippen LogP contribution in [0.25, 0.3) is 5.65 Å². The third-order valence-corrected chi connectivity index (χ3v) is 2.21. The highest BCUT2D eigenvalue weighted by Gasteiger charge is 2.23. The van der Waals surface area contributed by atoms with Gasteiger partial charge in [0.05, 0.1) is 12.3 Å². The van der Waals surface area contributed by atoms with E-state index in [1.165, 1.54) is 10.5 Å². The van der Waals surface area contributed by atoms with Gasteiger partial charge in [-0.3, -0.25) is 0 Å². The van der Waals surface area contributed by atoms with E-state index in [4.69, 9.17) is 0 Å². The Morgan fingerprint density at radius 1 is 1.62 bits per heavy atom. The molecule has 2 aromatic heterocycles. The van der Waals surface area contributed by atoms with Crippen LogP contribution in [0.3, 0.4) is 0 Å². The van der Waals surface area contributed by atoms with Gasteiger partial charge >= 0.3 is 5.97 Å². The standard InChI is InChI=1S/C11H11FN2O2/c1-2-16-11(15)10(12)8-4-3-5-9-13-6-7-14(8)9/h3-7,10H,2H2,1H3. The summed E-state index contributed by atoms with van der Waals surface area (Å²) in [5.41, 5.74) is 0.831. The molecule has 5 heteroatoms. The molecule has 0 amide bonds. The van der Waals surface area contributed by atoms with Crippen LogP contribution in [0.5, 0.6) is 0 Å². The lowest BCUT2D eigenvalue weighted by Crippen LogP contribution is -2.14. The smallest absolute Gasteiger partial charge is 0.347 e. The van der Waals surface area contributed by atoms with Crippen LogP contribution in [0, 0.1) is 0 Å². The number of carbonyl (C=O) groups excluding carboxylic acids is 1. The lowest BCUT2D eigenvalue weighted by Gasteiger charge is -2.09. The molecular weight excluding hydrogens is 211 g/mol. The SMILES string of the molecule is CCOC(=O)C(F)c1cccc2nccn12. The van der Waals surface area contributed by atoms with Crippen molar-refractivity contribution in [1.82, 2.24) is 9.38 Å². The normalized spacial score (nSPS) is 12.6. The van der Waals surface area contributed by atoms with Crippen LogP contribution < -0.4 is 0 Å². The zero-order valence-corrected chi connectivity index (χ0v) is 8.76. The van der Waals surface area contributed by atoms with Crippen LogP contribution in [-0.4, -0.2) is 22.0 Å². The highest BCUT2D eigenvalue weighted by Crippen LogP contribution is 2.19. The van der Waals surface area contributed by atoms with Gasteiger partial charge in [-0.2, -0.15) is 0 Å². The molecule has 0 aliphatic rings. The van der Waals surface area contributed by atoms with E-state index in [9.17, 15) is 9.18 Å². The van der Waals surface area contributed by atoms with Crippen molar-refractivity contribution in [3.05, 3.63) is 36.3 Å². The molecule has 0 bridgehead atoms. The Hall–Kier alpha value is -1.91. The predicted molar refractivity (Wildman–Crippen MR) is 55.7 cm³/mol. The van der Waals surface area contributed by atoms with E-state index in [0.29, 0.717) is 5.65 Å². The number of aromatic nitrogens is 2. The number of pyridine rings is 1. The fraction of sp³-hybridized carbons (Fsp3) is 0.273. The van der Waals surface area contributed by atoms with Crippen LogP contribution in [0.2, 0.25) is 0 Å². The molecule has 0 fully saturated rings. The molecular formula is C11H11FN2O2. The number of esters is 1. The van der Waals surface area contributed by atoms with Crippen molar-refractivity contribution in [2.75, 3.05) is 6.61 Å². The lowest BCUT2D eigenvalue weighted by atomic mass is 10.2. The van der Waals surface area contributed by atoms with Gasteiger partial charge in [0.1, 0.15) is 5.65 Å². The minimum atomic E-state index is -1.78. The Morgan fingerprint density at radius 2 is 2.44 bits per heavy atom. The second-order valence-electron chi connectivity index (χ2n) is 3.22. The first-order valence-corrected chi connectivity index (χ1v) is 4.96. The van der Waals surface area contributed by atoms with E-state index in [2.05, 4.69) is 9.72 Å². The van der Waals surface area contributed by atoms with Crippen molar-refractivity contribution in [2.45, 2.75) is 13.1 Å². The first-order valence-electron chi connectivity index (χ1n) is 4.96. The molecule has 0 saturated carbocycles. The number of imidazole rings is 1. The maximum Gasteiger partial charge on any atom is 0.347 e. The first-order chi connectivity index (χ1) is 7.74.